The number of aromatic nitrogens is 1. The summed E-state index contributed by atoms with van der Waals surface area (Å²) >= 11 is 0. The highest BCUT2D eigenvalue weighted by Crippen LogP contribution is 2.31. The zero-order valence-electron chi connectivity index (χ0n) is 11.5. The average Bonchev–Trinajstić information content (AvgIpc) is 2.94. The van der Waals surface area contributed by atoms with E-state index >= 15 is 0 Å². The second kappa shape index (κ2) is 5.14. The number of hydrogen-bond donors (Lipinski definition) is 1. The molecule has 4 heteroatoms. The summed E-state index contributed by atoms with van der Waals surface area (Å²) in [4.78, 5) is 4.32. The number of nitrogens with zero attached hydrogens (tertiary/aromatic N) is 2. The Kier molecular flexibility index (Phi) is 3.17. The molecule has 0 atom stereocenters. The van der Waals surface area contributed by atoms with E-state index in [0.717, 1.165) is 17.0 Å². The average molecular weight is 275 g/mol. The van der Waals surface area contributed by atoms with Gasteiger partial charge in [-0.1, -0.05) is 30.3 Å². The van der Waals surface area contributed by atoms with Crippen molar-refractivity contribution in [2.45, 2.75) is 6.92 Å². The summed E-state index contributed by atoms with van der Waals surface area (Å²) in [5, 5.41) is 9.32. The van der Waals surface area contributed by atoms with Crippen molar-refractivity contribution in [3.63, 3.8) is 0 Å². The fourth-order valence-electron chi connectivity index (χ4n) is 2.21. The molecular weight excluding hydrogens is 262 g/mol. The number of aryl methyl sites for hydroxylation is 1. The highest BCUT2D eigenvalue weighted by molar-refractivity contribution is 5.77. The van der Waals surface area contributed by atoms with E-state index in [1.807, 2.05) is 55.5 Å². The van der Waals surface area contributed by atoms with E-state index in [-0.39, 0.29) is 5.82 Å². The van der Waals surface area contributed by atoms with Crippen molar-refractivity contribution in [2.75, 3.05) is 5.73 Å². The van der Waals surface area contributed by atoms with Crippen LogP contribution in [0.4, 0.5) is 5.82 Å². The summed E-state index contributed by atoms with van der Waals surface area (Å²) in [6.45, 7) is 1.86. The number of nitrogen functional groups attached to an aromatic ring is 1. The Morgan fingerprint density at radius 1 is 1.14 bits per heavy atom. The summed E-state index contributed by atoms with van der Waals surface area (Å²) < 4.78 is 5.62. The lowest BCUT2D eigenvalue weighted by atomic mass is 10.0. The first-order valence-corrected chi connectivity index (χ1v) is 6.52. The highest BCUT2D eigenvalue weighted by atomic mass is 16.3. The van der Waals surface area contributed by atoms with Crippen molar-refractivity contribution < 1.29 is 4.42 Å². The molecule has 0 amide bonds. The standard InChI is InChI=1S/C17H13N3O/c1-11-7-8-16(21-11)13-9-15(12-5-3-2-4-6-12)20-17(19)14(13)10-18/h2-9H,1H3,(H2,19,20). The number of nitrogens with two attached hydrogens (primary N) is 1. The molecule has 2 aromatic heterocycles. The van der Waals surface area contributed by atoms with Gasteiger partial charge in [0.15, 0.2) is 0 Å². The van der Waals surface area contributed by atoms with Crippen molar-refractivity contribution in [2.24, 2.45) is 0 Å². The molecule has 102 valence electrons. The van der Waals surface area contributed by atoms with Crippen LogP contribution in [-0.2, 0) is 0 Å². The van der Waals surface area contributed by atoms with Gasteiger partial charge in [-0.2, -0.15) is 5.26 Å². The van der Waals surface area contributed by atoms with Gasteiger partial charge in [-0.15, -0.1) is 0 Å². The van der Waals surface area contributed by atoms with Gasteiger partial charge in [0, 0.05) is 11.1 Å². The lowest BCUT2D eigenvalue weighted by molar-refractivity contribution is 0.548. The molecule has 4 nitrogen and oxygen atoms in total. The number of furan rings is 1. The minimum atomic E-state index is 0.211. The maximum atomic E-state index is 9.32. The zero-order valence-corrected chi connectivity index (χ0v) is 11.5. The van der Waals surface area contributed by atoms with Crippen LogP contribution in [0.15, 0.2) is 52.9 Å². The largest absolute Gasteiger partial charge is 0.461 e. The van der Waals surface area contributed by atoms with Gasteiger partial charge < -0.3 is 10.2 Å². The van der Waals surface area contributed by atoms with Gasteiger partial charge in [-0.05, 0) is 25.1 Å². The van der Waals surface area contributed by atoms with Crippen LogP contribution in [0.25, 0.3) is 22.6 Å². The van der Waals surface area contributed by atoms with E-state index in [4.69, 9.17) is 10.2 Å². The van der Waals surface area contributed by atoms with E-state index in [0.29, 0.717) is 16.9 Å². The molecular formula is C17H13N3O. The highest BCUT2D eigenvalue weighted by Gasteiger charge is 2.15. The van der Waals surface area contributed by atoms with Crippen LogP contribution in [0.2, 0.25) is 0 Å². The number of pyridine rings is 1. The Morgan fingerprint density at radius 2 is 1.90 bits per heavy atom. The van der Waals surface area contributed by atoms with E-state index in [1.54, 1.807) is 0 Å². The predicted molar refractivity (Wildman–Crippen MR) is 81.2 cm³/mol. The van der Waals surface area contributed by atoms with E-state index in [9.17, 15) is 5.26 Å². The number of benzene rings is 1. The second-order valence-electron chi connectivity index (χ2n) is 4.70. The second-order valence-corrected chi connectivity index (χ2v) is 4.70. The monoisotopic (exact) mass is 275 g/mol. The van der Waals surface area contributed by atoms with Gasteiger partial charge >= 0.3 is 0 Å². The van der Waals surface area contributed by atoms with Crippen molar-refractivity contribution >= 4 is 5.82 Å². The molecule has 0 spiro atoms. The third kappa shape index (κ3) is 2.37. The molecule has 0 aliphatic rings. The topological polar surface area (TPSA) is 75.8 Å². The fourth-order valence-corrected chi connectivity index (χ4v) is 2.21. The van der Waals surface area contributed by atoms with Crippen LogP contribution in [0.3, 0.4) is 0 Å². The summed E-state index contributed by atoms with van der Waals surface area (Å²) in [5.41, 5.74) is 8.60. The molecule has 0 unspecified atom stereocenters. The predicted octanol–water partition coefficient (Wildman–Crippen LogP) is 3.77. The first-order valence-electron chi connectivity index (χ1n) is 6.52. The Balaban J connectivity index is 2.23. The van der Waals surface area contributed by atoms with Gasteiger partial charge in [0.2, 0.25) is 0 Å². The van der Waals surface area contributed by atoms with Gasteiger partial charge in [-0.3, -0.25) is 0 Å². The Hall–Kier alpha value is -3.06. The van der Waals surface area contributed by atoms with Gasteiger partial charge in [-0.25, -0.2) is 4.98 Å². The van der Waals surface area contributed by atoms with Crippen molar-refractivity contribution in [3.05, 3.63) is 59.9 Å². The SMILES string of the molecule is Cc1ccc(-c2cc(-c3ccccc3)nc(N)c2C#N)o1. The molecule has 2 heterocycles. The lowest BCUT2D eigenvalue weighted by Gasteiger charge is -2.08. The maximum Gasteiger partial charge on any atom is 0.142 e. The third-order valence-corrected chi connectivity index (χ3v) is 3.23. The lowest BCUT2D eigenvalue weighted by Crippen LogP contribution is -1.99. The summed E-state index contributed by atoms with van der Waals surface area (Å²) in [7, 11) is 0. The van der Waals surface area contributed by atoms with Gasteiger partial charge in [0.05, 0.1) is 5.69 Å². The first-order chi connectivity index (χ1) is 10.2. The molecule has 1 aromatic carbocycles. The maximum absolute atomic E-state index is 9.32. The van der Waals surface area contributed by atoms with Crippen molar-refractivity contribution in [3.8, 4) is 28.7 Å². The molecule has 3 aromatic rings. The fraction of sp³-hybridized carbons (Fsp3) is 0.0588. The van der Waals surface area contributed by atoms with E-state index in [2.05, 4.69) is 11.1 Å². The smallest absolute Gasteiger partial charge is 0.142 e. The molecule has 0 saturated carbocycles. The summed E-state index contributed by atoms with van der Waals surface area (Å²) in [5.74, 6) is 1.61. The molecule has 0 bridgehead atoms. The third-order valence-electron chi connectivity index (χ3n) is 3.23. The van der Waals surface area contributed by atoms with Gasteiger partial charge in [0.1, 0.15) is 29.0 Å². The molecule has 0 saturated heterocycles. The molecule has 0 aliphatic carbocycles. The van der Waals surface area contributed by atoms with Crippen LogP contribution in [0.1, 0.15) is 11.3 Å². The molecule has 3 rings (SSSR count). The molecule has 0 fully saturated rings. The summed E-state index contributed by atoms with van der Waals surface area (Å²) in [6, 6.07) is 17.3. The van der Waals surface area contributed by atoms with Crippen LogP contribution in [0.5, 0.6) is 0 Å². The number of hydrogen-bond acceptors (Lipinski definition) is 4. The van der Waals surface area contributed by atoms with Crippen molar-refractivity contribution in [1.29, 1.82) is 5.26 Å². The first kappa shape index (κ1) is 12.9. The Bertz CT molecular complexity index is 829. The minimum Gasteiger partial charge on any atom is -0.461 e. The van der Waals surface area contributed by atoms with E-state index < -0.39 is 0 Å². The van der Waals surface area contributed by atoms with Crippen molar-refractivity contribution in [1.82, 2.24) is 4.98 Å². The summed E-state index contributed by atoms with van der Waals surface area (Å²) in [6.07, 6.45) is 0. The molecule has 2 N–H and O–H groups in total. The zero-order chi connectivity index (χ0) is 14.8. The molecule has 21 heavy (non-hydrogen) atoms. The number of rotatable bonds is 2. The Labute approximate surface area is 122 Å². The van der Waals surface area contributed by atoms with E-state index in [1.165, 1.54) is 0 Å². The van der Waals surface area contributed by atoms with Crippen LogP contribution in [-0.4, -0.2) is 4.98 Å². The number of anilines is 1. The van der Waals surface area contributed by atoms with Crippen LogP contribution in [0, 0.1) is 18.3 Å². The minimum absolute atomic E-state index is 0.211. The molecule has 0 radical (unpaired) electrons. The normalized spacial score (nSPS) is 10.3. The van der Waals surface area contributed by atoms with Crippen LogP contribution < -0.4 is 5.73 Å². The van der Waals surface area contributed by atoms with Gasteiger partial charge in [0.25, 0.3) is 0 Å². The van der Waals surface area contributed by atoms with Crippen LogP contribution >= 0.6 is 0 Å². The number of nitriles is 1. The quantitative estimate of drug-likeness (QED) is 0.772. The molecule has 0 aliphatic heterocycles. The Morgan fingerprint density at radius 3 is 2.52 bits per heavy atom.